The molecule has 0 fully saturated rings. The van der Waals surface area contributed by atoms with E-state index in [1.54, 1.807) is 37.4 Å². The van der Waals surface area contributed by atoms with Gasteiger partial charge in [0, 0.05) is 46.4 Å². The molecule has 30 heavy (non-hydrogen) atoms. The van der Waals surface area contributed by atoms with Crippen molar-refractivity contribution in [2.45, 2.75) is 34.1 Å². The van der Waals surface area contributed by atoms with Gasteiger partial charge in [-0.25, -0.2) is 0 Å². The van der Waals surface area contributed by atoms with E-state index in [-0.39, 0.29) is 23.7 Å². The van der Waals surface area contributed by atoms with Crippen LogP contribution in [0.2, 0.25) is 5.02 Å². The fraction of sp³-hybridized carbons (Fsp3) is 0.391. The maximum Gasteiger partial charge on any atom is 0.227 e. The van der Waals surface area contributed by atoms with Gasteiger partial charge in [-0.05, 0) is 37.1 Å². The molecule has 7 heteroatoms. The Hall–Kier alpha value is -2.73. The highest BCUT2D eigenvalue weighted by atomic mass is 35.5. The second-order valence-electron chi connectivity index (χ2n) is 7.53. The minimum absolute atomic E-state index is 0.0837. The summed E-state index contributed by atoms with van der Waals surface area (Å²) in [5, 5.41) is 6.40. The van der Waals surface area contributed by atoms with Crippen LogP contribution in [0.4, 0.5) is 11.4 Å². The van der Waals surface area contributed by atoms with Gasteiger partial charge >= 0.3 is 0 Å². The summed E-state index contributed by atoms with van der Waals surface area (Å²) in [7, 11) is 1.55. The number of hydrogen-bond acceptors (Lipinski definition) is 4. The second kappa shape index (κ2) is 10.9. The molecule has 0 bridgehead atoms. The third-order valence-electron chi connectivity index (χ3n) is 4.62. The van der Waals surface area contributed by atoms with E-state index in [0.29, 0.717) is 35.2 Å². The maximum atomic E-state index is 12.5. The van der Waals surface area contributed by atoms with Crippen molar-refractivity contribution in [1.29, 1.82) is 0 Å². The van der Waals surface area contributed by atoms with Crippen LogP contribution in [-0.4, -0.2) is 25.5 Å². The van der Waals surface area contributed by atoms with Crippen molar-refractivity contribution in [3.05, 3.63) is 47.0 Å². The van der Waals surface area contributed by atoms with Gasteiger partial charge in [-0.1, -0.05) is 32.4 Å². The van der Waals surface area contributed by atoms with Crippen molar-refractivity contribution in [1.82, 2.24) is 0 Å². The van der Waals surface area contributed by atoms with E-state index in [4.69, 9.17) is 21.1 Å². The van der Waals surface area contributed by atoms with Crippen LogP contribution in [-0.2, 0) is 9.59 Å². The van der Waals surface area contributed by atoms with E-state index in [1.807, 2.05) is 33.8 Å². The Kier molecular flexibility index (Phi) is 8.54. The van der Waals surface area contributed by atoms with Gasteiger partial charge in [0.15, 0.2) is 0 Å². The van der Waals surface area contributed by atoms with Gasteiger partial charge in [0.25, 0.3) is 0 Å². The Bertz CT molecular complexity index is 899. The molecule has 2 N–H and O–H groups in total. The number of methoxy groups -OCH3 is 1. The smallest absolute Gasteiger partial charge is 0.227 e. The fourth-order valence-corrected chi connectivity index (χ4v) is 2.87. The predicted octanol–water partition coefficient (Wildman–Crippen LogP) is 5.30. The van der Waals surface area contributed by atoms with Gasteiger partial charge in [0.05, 0.1) is 13.7 Å². The lowest BCUT2D eigenvalue weighted by Gasteiger charge is -2.15. The molecule has 0 aromatic heterocycles. The van der Waals surface area contributed by atoms with Crippen molar-refractivity contribution in [2.75, 3.05) is 24.4 Å². The topological polar surface area (TPSA) is 76.7 Å². The summed E-state index contributed by atoms with van der Waals surface area (Å²) in [6, 6.07) is 10.6. The number of halogens is 1. The number of hydrogen-bond donors (Lipinski definition) is 2. The van der Waals surface area contributed by atoms with Crippen LogP contribution in [0.5, 0.6) is 11.5 Å². The molecule has 0 aliphatic rings. The zero-order valence-electron chi connectivity index (χ0n) is 18.0. The van der Waals surface area contributed by atoms with Gasteiger partial charge < -0.3 is 20.1 Å². The third kappa shape index (κ3) is 6.95. The minimum Gasteiger partial charge on any atom is -0.497 e. The molecule has 0 heterocycles. The van der Waals surface area contributed by atoms with Crippen LogP contribution in [0.1, 0.15) is 32.8 Å². The first-order valence-electron chi connectivity index (χ1n) is 9.89. The summed E-state index contributed by atoms with van der Waals surface area (Å²) < 4.78 is 11.1. The standard InChI is InChI=1S/C23H29ClN2O4/c1-14(2)22(27)25-18-11-19(29-5)13-20(12-18)30-9-8-15(3)23(28)26-21-7-6-17(24)10-16(21)4/h6-7,10-15H,8-9H2,1-5H3,(H,25,27)(H,26,28). The van der Waals surface area contributed by atoms with Crippen LogP contribution < -0.4 is 20.1 Å². The van der Waals surface area contributed by atoms with E-state index in [0.717, 1.165) is 11.3 Å². The zero-order valence-corrected chi connectivity index (χ0v) is 18.8. The summed E-state index contributed by atoms with van der Waals surface area (Å²) in [5.41, 5.74) is 2.26. The number of carbonyl (C=O) groups is 2. The van der Waals surface area contributed by atoms with E-state index in [2.05, 4.69) is 10.6 Å². The molecule has 0 saturated heterocycles. The molecular formula is C23H29ClN2O4. The van der Waals surface area contributed by atoms with Crippen LogP contribution in [0, 0.1) is 18.8 Å². The number of benzene rings is 2. The number of carbonyl (C=O) groups excluding carboxylic acids is 2. The van der Waals surface area contributed by atoms with Crippen molar-refractivity contribution >= 4 is 34.8 Å². The largest absolute Gasteiger partial charge is 0.497 e. The Balaban J connectivity index is 1.93. The van der Waals surface area contributed by atoms with Gasteiger partial charge in [-0.2, -0.15) is 0 Å². The molecule has 6 nitrogen and oxygen atoms in total. The fourth-order valence-electron chi connectivity index (χ4n) is 2.64. The van der Waals surface area contributed by atoms with Gasteiger partial charge in [0.1, 0.15) is 11.5 Å². The highest BCUT2D eigenvalue weighted by Gasteiger charge is 2.15. The zero-order chi connectivity index (χ0) is 22.3. The molecule has 0 radical (unpaired) electrons. The molecule has 2 rings (SSSR count). The van der Waals surface area contributed by atoms with Crippen LogP contribution in [0.15, 0.2) is 36.4 Å². The van der Waals surface area contributed by atoms with E-state index >= 15 is 0 Å². The van der Waals surface area contributed by atoms with Crippen molar-refractivity contribution < 1.29 is 19.1 Å². The summed E-state index contributed by atoms with van der Waals surface area (Å²) in [6.45, 7) is 7.74. The monoisotopic (exact) mass is 432 g/mol. The summed E-state index contributed by atoms with van der Waals surface area (Å²) in [6.07, 6.45) is 0.531. The molecule has 2 aromatic carbocycles. The van der Waals surface area contributed by atoms with Crippen molar-refractivity contribution in [3.63, 3.8) is 0 Å². The molecule has 2 amide bonds. The lowest BCUT2D eigenvalue weighted by Crippen LogP contribution is -2.22. The average Bonchev–Trinajstić information content (AvgIpc) is 2.69. The molecule has 162 valence electrons. The van der Waals surface area contributed by atoms with E-state index < -0.39 is 0 Å². The summed E-state index contributed by atoms with van der Waals surface area (Å²) in [4.78, 5) is 24.4. The molecule has 0 aliphatic heterocycles. The molecule has 2 aromatic rings. The lowest BCUT2D eigenvalue weighted by molar-refractivity contribution is -0.120. The second-order valence-corrected chi connectivity index (χ2v) is 7.96. The Morgan fingerprint density at radius 1 is 1.00 bits per heavy atom. The number of anilines is 2. The number of amides is 2. The molecule has 0 saturated carbocycles. The molecular weight excluding hydrogens is 404 g/mol. The molecule has 1 atom stereocenters. The first-order valence-corrected chi connectivity index (χ1v) is 10.3. The normalized spacial score (nSPS) is 11.7. The van der Waals surface area contributed by atoms with E-state index in [1.165, 1.54) is 0 Å². The van der Waals surface area contributed by atoms with Gasteiger partial charge in [0.2, 0.25) is 11.8 Å². The number of aryl methyl sites for hydroxylation is 1. The summed E-state index contributed by atoms with van der Waals surface area (Å²) in [5.74, 6) is 0.594. The van der Waals surface area contributed by atoms with Crippen LogP contribution in [0.25, 0.3) is 0 Å². The molecule has 0 spiro atoms. The predicted molar refractivity (Wildman–Crippen MR) is 121 cm³/mol. The highest BCUT2D eigenvalue weighted by molar-refractivity contribution is 6.30. The lowest BCUT2D eigenvalue weighted by atomic mass is 10.1. The minimum atomic E-state index is -0.245. The van der Waals surface area contributed by atoms with Gasteiger partial charge in [-0.3, -0.25) is 9.59 Å². The quantitative estimate of drug-likeness (QED) is 0.564. The third-order valence-corrected chi connectivity index (χ3v) is 4.86. The summed E-state index contributed by atoms with van der Waals surface area (Å²) >= 11 is 5.96. The average molecular weight is 433 g/mol. The van der Waals surface area contributed by atoms with E-state index in [9.17, 15) is 9.59 Å². The van der Waals surface area contributed by atoms with Gasteiger partial charge in [-0.15, -0.1) is 0 Å². The SMILES string of the molecule is COc1cc(NC(=O)C(C)C)cc(OCCC(C)C(=O)Nc2ccc(Cl)cc2C)c1. The maximum absolute atomic E-state index is 12.5. The number of ether oxygens (including phenoxy) is 2. The van der Waals surface area contributed by atoms with Crippen molar-refractivity contribution in [3.8, 4) is 11.5 Å². The first-order chi connectivity index (χ1) is 14.2. The van der Waals surface area contributed by atoms with Crippen molar-refractivity contribution in [2.24, 2.45) is 11.8 Å². The Morgan fingerprint density at radius 3 is 2.33 bits per heavy atom. The Labute approximate surface area is 182 Å². The first kappa shape index (κ1) is 23.5. The van der Waals surface area contributed by atoms with Crippen LogP contribution in [0.3, 0.4) is 0 Å². The highest BCUT2D eigenvalue weighted by Crippen LogP contribution is 2.27. The molecule has 1 unspecified atom stereocenters. The Morgan fingerprint density at radius 2 is 1.70 bits per heavy atom. The number of nitrogens with one attached hydrogen (secondary N) is 2. The number of rotatable bonds is 9. The van der Waals surface area contributed by atoms with Crippen LogP contribution >= 0.6 is 11.6 Å². The molecule has 0 aliphatic carbocycles.